The van der Waals surface area contributed by atoms with Crippen molar-refractivity contribution in [3.05, 3.63) is 74.8 Å². The van der Waals surface area contributed by atoms with Crippen LogP contribution in [-0.2, 0) is 9.53 Å². The molecule has 9 nitrogen and oxygen atoms in total. The Morgan fingerprint density at radius 3 is 2.44 bits per heavy atom. The number of thiazole rings is 1. The van der Waals surface area contributed by atoms with Crippen LogP contribution in [-0.4, -0.2) is 34.2 Å². The van der Waals surface area contributed by atoms with Crippen LogP contribution in [0.25, 0.3) is 0 Å². The number of ketones is 1. The van der Waals surface area contributed by atoms with Crippen molar-refractivity contribution in [2.75, 3.05) is 11.9 Å². The maximum atomic E-state index is 12.3. The first kappa shape index (κ1) is 23.1. The van der Waals surface area contributed by atoms with E-state index in [1.54, 1.807) is 12.1 Å². The molecule has 0 bridgehead atoms. The quantitative estimate of drug-likeness (QED) is 0.220. The average molecular weight is 472 g/mol. The molecule has 0 saturated carbocycles. The molecular formula is C21H17N3O6S2. The number of aryl methyl sites for hydroxylation is 1. The van der Waals surface area contributed by atoms with Crippen LogP contribution in [0.1, 0.15) is 33.3 Å². The van der Waals surface area contributed by atoms with Crippen LogP contribution in [0, 0.1) is 17.0 Å². The van der Waals surface area contributed by atoms with Gasteiger partial charge in [0.05, 0.1) is 15.4 Å². The summed E-state index contributed by atoms with van der Waals surface area (Å²) in [4.78, 5) is 51.2. The largest absolute Gasteiger partial charge is 0.454 e. The van der Waals surface area contributed by atoms with E-state index in [1.165, 1.54) is 42.5 Å². The molecule has 1 amide bonds. The van der Waals surface area contributed by atoms with Crippen molar-refractivity contribution in [2.45, 2.75) is 23.1 Å². The number of benzene rings is 2. The number of ether oxygens (including phenoxy) is 1. The maximum Gasteiger partial charge on any atom is 0.338 e. The number of carbonyl (C=O) groups excluding carboxylic acids is 3. The Morgan fingerprint density at radius 2 is 1.84 bits per heavy atom. The summed E-state index contributed by atoms with van der Waals surface area (Å²) >= 11 is 2.50. The van der Waals surface area contributed by atoms with Crippen LogP contribution < -0.4 is 5.32 Å². The molecule has 32 heavy (non-hydrogen) atoms. The molecule has 0 spiro atoms. The van der Waals surface area contributed by atoms with Crippen molar-refractivity contribution in [2.24, 2.45) is 0 Å². The van der Waals surface area contributed by atoms with Gasteiger partial charge in [0, 0.05) is 35.3 Å². The van der Waals surface area contributed by atoms with E-state index >= 15 is 0 Å². The number of Topliss-reactive ketones (excluding diaryl/α,β-unsaturated/α-hetero) is 1. The van der Waals surface area contributed by atoms with E-state index in [0.29, 0.717) is 20.5 Å². The van der Waals surface area contributed by atoms with Crippen molar-refractivity contribution in [1.29, 1.82) is 0 Å². The third-order valence-electron chi connectivity index (χ3n) is 4.05. The summed E-state index contributed by atoms with van der Waals surface area (Å²) in [6.45, 7) is 2.67. The minimum Gasteiger partial charge on any atom is -0.454 e. The molecule has 11 heteroatoms. The van der Waals surface area contributed by atoms with Crippen LogP contribution in [0.3, 0.4) is 0 Å². The van der Waals surface area contributed by atoms with Crippen molar-refractivity contribution >= 4 is 52.1 Å². The molecule has 1 aromatic heterocycles. The number of hydrogen-bond donors (Lipinski definition) is 1. The summed E-state index contributed by atoms with van der Waals surface area (Å²) in [5, 5.41) is 15.9. The number of anilines is 1. The highest BCUT2D eigenvalue weighted by Gasteiger charge is 2.21. The van der Waals surface area contributed by atoms with Gasteiger partial charge in [0.25, 0.3) is 5.69 Å². The van der Waals surface area contributed by atoms with Gasteiger partial charge in [0.1, 0.15) is 0 Å². The van der Waals surface area contributed by atoms with Gasteiger partial charge in [-0.2, -0.15) is 0 Å². The van der Waals surface area contributed by atoms with Gasteiger partial charge < -0.3 is 10.1 Å². The number of nitro groups is 1. The van der Waals surface area contributed by atoms with Gasteiger partial charge in [0.2, 0.25) is 5.91 Å². The predicted molar refractivity (Wildman–Crippen MR) is 119 cm³/mol. The zero-order valence-corrected chi connectivity index (χ0v) is 18.6. The molecule has 0 unspecified atom stereocenters. The first-order valence-corrected chi connectivity index (χ1v) is 10.9. The van der Waals surface area contributed by atoms with Gasteiger partial charge in [0.15, 0.2) is 16.7 Å². The molecule has 3 rings (SSSR count). The number of hydrogen-bond acceptors (Lipinski definition) is 9. The van der Waals surface area contributed by atoms with Crippen molar-refractivity contribution in [3.63, 3.8) is 0 Å². The molecule has 1 heterocycles. The monoisotopic (exact) mass is 471 g/mol. The average Bonchev–Trinajstić information content (AvgIpc) is 3.16. The first-order valence-electron chi connectivity index (χ1n) is 9.19. The van der Waals surface area contributed by atoms with Gasteiger partial charge in [-0.3, -0.25) is 19.7 Å². The van der Waals surface area contributed by atoms with Gasteiger partial charge >= 0.3 is 5.97 Å². The fraction of sp³-hybridized carbons (Fsp3) is 0.143. The van der Waals surface area contributed by atoms with E-state index in [1.807, 2.05) is 12.3 Å². The van der Waals surface area contributed by atoms with Gasteiger partial charge in [-0.25, -0.2) is 9.78 Å². The maximum absolute atomic E-state index is 12.3. The number of rotatable bonds is 8. The smallest absolute Gasteiger partial charge is 0.338 e. The number of aromatic nitrogens is 1. The Labute approximate surface area is 191 Å². The van der Waals surface area contributed by atoms with E-state index in [-0.39, 0.29) is 17.2 Å². The molecule has 3 aromatic rings. The Balaban J connectivity index is 1.66. The fourth-order valence-electron chi connectivity index (χ4n) is 2.59. The molecule has 0 radical (unpaired) electrons. The number of nitrogens with zero attached hydrogens (tertiary/aromatic N) is 2. The summed E-state index contributed by atoms with van der Waals surface area (Å²) in [6.07, 6.45) is 0. The van der Waals surface area contributed by atoms with E-state index in [4.69, 9.17) is 4.74 Å². The third-order valence-corrected chi connectivity index (χ3v) is 6.17. The molecule has 0 aliphatic rings. The Hall–Kier alpha value is -3.57. The molecular weight excluding hydrogens is 454 g/mol. The third kappa shape index (κ3) is 5.99. The molecule has 0 fully saturated rings. The zero-order valence-electron chi connectivity index (χ0n) is 17.0. The van der Waals surface area contributed by atoms with Crippen LogP contribution in [0.5, 0.6) is 0 Å². The van der Waals surface area contributed by atoms with E-state index in [0.717, 1.165) is 23.5 Å². The van der Waals surface area contributed by atoms with Crippen LogP contribution in [0.4, 0.5) is 11.4 Å². The second kappa shape index (κ2) is 10.2. The summed E-state index contributed by atoms with van der Waals surface area (Å²) < 4.78 is 5.69. The number of nitrogens with one attached hydrogen (secondary N) is 1. The minimum atomic E-state index is -0.849. The normalized spacial score (nSPS) is 10.4. The van der Waals surface area contributed by atoms with Gasteiger partial charge in [-0.1, -0.05) is 11.8 Å². The Bertz CT molecular complexity index is 1190. The topological polar surface area (TPSA) is 128 Å². The van der Waals surface area contributed by atoms with Gasteiger partial charge in [-0.15, -0.1) is 11.3 Å². The molecule has 0 saturated heterocycles. The molecule has 1 N–H and O–H groups in total. The Kier molecular flexibility index (Phi) is 7.33. The molecule has 164 valence electrons. The molecule has 0 atom stereocenters. The SMILES string of the molecule is CC(=O)Nc1ccc(C(=O)COC(=O)c2ccc(Sc3nc(C)cs3)c([N+](=O)[O-])c2)cc1. The first-order chi connectivity index (χ1) is 15.2. The van der Waals surface area contributed by atoms with E-state index < -0.39 is 23.3 Å². The lowest BCUT2D eigenvalue weighted by atomic mass is 10.1. The molecule has 2 aromatic carbocycles. The molecule has 0 aliphatic heterocycles. The lowest BCUT2D eigenvalue weighted by Gasteiger charge is -2.07. The summed E-state index contributed by atoms with van der Waals surface area (Å²) in [5.74, 6) is -1.54. The van der Waals surface area contributed by atoms with Crippen molar-refractivity contribution < 1.29 is 24.0 Å². The second-order valence-electron chi connectivity index (χ2n) is 6.55. The highest BCUT2D eigenvalue weighted by Crippen LogP contribution is 2.36. The number of carbonyl (C=O) groups is 3. The lowest BCUT2D eigenvalue weighted by molar-refractivity contribution is -0.387. The minimum absolute atomic E-state index is 0.0369. The fourth-order valence-corrected chi connectivity index (χ4v) is 4.47. The standard InChI is InChI=1S/C21H17N3O6S2/c1-12-11-31-21(22-12)32-19-8-5-15(9-17(19)24(28)29)20(27)30-10-18(26)14-3-6-16(7-4-14)23-13(2)25/h3-9,11H,10H2,1-2H3,(H,23,25). The highest BCUT2D eigenvalue weighted by atomic mass is 32.2. The Morgan fingerprint density at radius 1 is 1.16 bits per heavy atom. The highest BCUT2D eigenvalue weighted by molar-refractivity contribution is 8.01. The number of esters is 1. The summed E-state index contributed by atoms with van der Waals surface area (Å²) in [5.41, 5.74) is 1.35. The summed E-state index contributed by atoms with van der Waals surface area (Å²) in [7, 11) is 0. The number of nitro benzene ring substituents is 1. The zero-order chi connectivity index (χ0) is 23.3. The van der Waals surface area contributed by atoms with E-state index in [2.05, 4.69) is 10.3 Å². The number of amides is 1. The van der Waals surface area contributed by atoms with E-state index in [9.17, 15) is 24.5 Å². The van der Waals surface area contributed by atoms with Crippen molar-refractivity contribution in [3.8, 4) is 0 Å². The van der Waals surface area contributed by atoms with Crippen LogP contribution in [0.15, 0.2) is 57.1 Å². The van der Waals surface area contributed by atoms with Crippen LogP contribution >= 0.6 is 23.1 Å². The van der Waals surface area contributed by atoms with Crippen LogP contribution in [0.2, 0.25) is 0 Å². The second-order valence-corrected chi connectivity index (χ2v) is 8.70. The van der Waals surface area contributed by atoms with Crippen molar-refractivity contribution in [1.82, 2.24) is 4.98 Å². The van der Waals surface area contributed by atoms with Gasteiger partial charge in [-0.05, 0) is 43.3 Å². The molecule has 0 aliphatic carbocycles. The summed E-state index contributed by atoms with van der Waals surface area (Å²) in [6, 6.07) is 10.1. The lowest BCUT2D eigenvalue weighted by Crippen LogP contribution is -2.14. The predicted octanol–water partition coefficient (Wildman–Crippen LogP) is 4.51.